The molecule has 2 fully saturated rings. The molecule has 4 rings (SSSR count). The molecule has 0 saturated carbocycles. The summed E-state index contributed by atoms with van der Waals surface area (Å²) in [6.07, 6.45) is 5.35. The van der Waals surface area contributed by atoms with Crippen LogP contribution in [-0.2, 0) is 20.0 Å². The van der Waals surface area contributed by atoms with Gasteiger partial charge in [0.2, 0.25) is 20.0 Å². The molecule has 2 aliphatic heterocycles. The van der Waals surface area contributed by atoms with Crippen LogP contribution < -0.4 is 0 Å². The summed E-state index contributed by atoms with van der Waals surface area (Å²) < 4.78 is 54.9. The van der Waals surface area contributed by atoms with Crippen molar-refractivity contribution < 1.29 is 21.6 Å². The average Bonchev–Trinajstić information content (AvgIpc) is 2.85. The van der Waals surface area contributed by atoms with E-state index in [0.29, 0.717) is 26.2 Å². The monoisotopic (exact) mass is 476 g/mol. The van der Waals surface area contributed by atoms with E-state index >= 15 is 0 Å². The molecule has 0 aliphatic carbocycles. The number of hydrogen-bond donors (Lipinski definition) is 0. The Hall–Kier alpha value is -2.07. The molecule has 9 heteroatoms. The fraction of sp³-hybridized carbons (Fsp3) is 0.435. The highest BCUT2D eigenvalue weighted by Crippen LogP contribution is 2.25. The molecule has 7 nitrogen and oxygen atoms in total. The second-order valence-electron chi connectivity index (χ2n) is 8.31. The van der Waals surface area contributed by atoms with Crippen molar-refractivity contribution in [1.29, 1.82) is 0 Å². The summed E-state index contributed by atoms with van der Waals surface area (Å²) in [4.78, 5) is 13.3. The van der Waals surface area contributed by atoms with Crippen molar-refractivity contribution in [3.05, 3.63) is 59.7 Å². The predicted molar refractivity (Wildman–Crippen MR) is 122 cm³/mol. The van der Waals surface area contributed by atoms with Crippen LogP contribution >= 0.6 is 0 Å². The van der Waals surface area contributed by atoms with E-state index in [-0.39, 0.29) is 20.9 Å². The molecule has 2 saturated heterocycles. The summed E-state index contributed by atoms with van der Waals surface area (Å²) in [7, 11) is -7.34. The Morgan fingerprint density at radius 3 is 1.34 bits per heavy atom. The lowest BCUT2D eigenvalue weighted by atomic mass is 10.0. The quantitative estimate of drug-likeness (QED) is 0.597. The Balaban J connectivity index is 1.61. The van der Waals surface area contributed by atoms with Gasteiger partial charge in [0.1, 0.15) is 0 Å². The van der Waals surface area contributed by atoms with Crippen LogP contribution in [0.4, 0.5) is 0 Å². The molecule has 32 heavy (non-hydrogen) atoms. The van der Waals surface area contributed by atoms with Gasteiger partial charge in [-0.2, -0.15) is 8.61 Å². The third-order valence-electron chi connectivity index (χ3n) is 6.10. The summed E-state index contributed by atoms with van der Waals surface area (Å²) in [5.74, 6) is -0.406. The fourth-order valence-electron chi connectivity index (χ4n) is 4.27. The number of nitrogens with zero attached hydrogens (tertiary/aromatic N) is 2. The second kappa shape index (κ2) is 9.43. The minimum absolute atomic E-state index is 0.0855. The van der Waals surface area contributed by atoms with Crippen LogP contribution in [0.25, 0.3) is 0 Å². The Morgan fingerprint density at radius 2 is 0.969 bits per heavy atom. The lowest BCUT2D eigenvalue weighted by molar-refractivity contribution is 0.103. The van der Waals surface area contributed by atoms with E-state index in [1.165, 1.54) is 32.9 Å². The van der Waals surface area contributed by atoms with Gasteiger partial charge in [-0.1, -0.05) is 37.1 Å². The molecule has 172 valence electrons. The van der Waals surface area contributed by atoms with Gasteiger partial charge in [-0.05, 0) is 49.9 Å². The standard InChI is InChI=1S/C23H28N2O5S2/c26-23(19-9-7-11-21(17-19)31(27,28)24-13-3-1-4-14-24)20-10-8-12-22(18-20)32(29,30)25-15-5-2-6-16-25/h7-12,17-18H,1-6,13-16H2. The molecule has 2 aliphatic rings. The van der Waals surface area contributed by atoms with Gasteiger partial charge in [0, 0.05) is 37.3 Å². The minimum Gasteiger partial charge on any atom is -0.289 e. The van der Waals surface area contributed by atoms with Gasteiger partial charge in [0.25, 0.3) is 0 Å². The topological polar surface area (TPSA) is 91.8 Å². The van der Waals surface area contributed by atoms with Gasteiger partial charge in [-0.25, -0.2) is 16.8 Å². The van der Waals surface area contributed by atoms with Gasteiger partial charge in [-0.3, -0.25) is 4.79 Å². The molecule has 0 aromatic heterocycles. The lowest BCUT2D eigenvalue weighted by Crippen LogP contribution is -2.35. The van der Waals surface area contributed by atoms with Crippen LogP contribution in [0.5, 0.6) is 0 Å². The first-order valence-electron chi connectivity index (χ1n) is 11.1. The van der Waals surface area contributed by atoms with Crippen molar-refractivity contribution in [2.45, 2.75) is 48.3 Å². The largest absolute Gasteiger partial charge is 0.289 e. The van der Waals surface area contributed by atoms with Crippen LogP contribution in [0.1, 0.15) is 54.4 Å². The zero-order valence-corrected chi connectivity index (χ0v) is 19.6. The first-order valence-corrected chi connectivity index (χ1v) is 13.9. The molecule has 0 atom stereocenters. The first kappa shape index (κ1) is 23.1. The molecule has 0 N–H and O–H groups in total. The van der Waals surface area contributed by atoms with E-state index in [1.807, 2.05) is 0 Å². The molecule has 0 radical (unpaired) electrons. The number of sulfonamides is 2. The molecular weight excluding hydrogens is 448 g/mol. The van der Waals surface area contributed by atoms with Crippen molar-refractivity contribution in [2.24, 2.45) is 0 Å². The maximum absolute atomic E-state index is 13.1. The number of rotatable bonds is 6. The normalized spacial score (nSPS) is 19.0. The molecule has 0 amide bonds. The van der Waals surface area contributed by atoms with Crippen LogP contribution in [0, 0.1) is 0 Å². The zero-order chi connectivity index (χ0) is 22.8. The minimum atomic E-state index is -3.67. The molecule has 0 bridgehead atoms. The summed E-state index contributed by atoms with van der Waals surface area (Å²) in [5.41, 5.74) is 0.436. The highest BCUT2D eigenvalue weighted by Gasteiger charge is 2.28. The van der Waals surface area contributed by atoms with Crippen LogP contribution in [0.15, 0.2) is 58.3 Å². The van der Waals surface area contributed by atoms with Crippen molar-refractivity contribution in [1.82, 2.24) is 8.61 Å². The zero-order valence-electron chi connectivity index (χ0n) is 17.9. The summed E-state index contributed by atoms with van der Waals surface area (Å²) in [6.45, 7) is 1.93. The third-order valence-corrected chi connectivity index (χ3v) is 9.89. The molecule has 0 spiro atoms. The number of carbonyl (C=O) groups is 1. The average molecular weight is 477 g/mol. The van der Waals surface area contributed by atoms with E-state index in [2.05, 4.69) is 0 Å². The molecule has 2 heterocycles. The SMILES string of the molecule is O=C(c1cccc(S(=O)(=O)N2CCCCC2)c1)c1cccc(S(=O)(=O)N2CCCCC2)c1. The number of ketones is 1. The number of hydrogen-bond acceptors (Lipinski definition) is 5. The third kappa shape index (κ3) is 4.66. The van der Waals surface area contributed by atoms with E-state index in [1.54, 1.807) is 24.3 Å². The van der Waals surface area contributed by atoms with Crippen molar-refractivity contribution >= 4 is 25.8 Å². The lowest BCUT2D eigenvalue weighted by Gasteiger charge is -2.26. The van der Waals surface area contributed by atoms with E-state index in [9.17, 15) is 21.6 Å². The molecule has 2 aromatic carbocycles. The fourth-order valence-corrected chi connectivity index (χ4v) is 7.40. The van der Waals surface area contributed by atoms with Gasteiger partial charge >= 0.3 is 0 Å². The molecular formula is C23H28N2O5S2. The number of carbonyl (C=O) groups excluding carboxylic acids is 1. The Morgan fingerprint density at radius 1 is 0.594 bits per heavy atom. The molecule has 2 aromatic rings. The van der Waals surface area contributed by atoms with Gasteiger partial charge in [-0.15, -0.1) is 0 Å². The second-order valence-corrected chi connectivity index (χ2v) is 12.2. The summed E-state index contributed by atoms with van der Waals surface area (Å²) in [6, 6.07) is 12.0. The van der Waals surface area contributed by atoms with Crippen LogP contribution in [0.3, 0.4) is 0 Å². The van der Waals surface area contributed by atoms with E-state index in [4.69, 9.17) is 0 Å². The van der Waals surface area contributed by atoms with Gasteiger partial charge in [0.05, 0.1) is 9.79 Å². The first-order chi connectivity index (χ1) is 15.3. The summed E-state index contributed by atoms with van der Waals surface area (Å²) >= 11 is 0. The van der Waals surface area contributed by atoms with Gasteiger partial charge in [0.15, 0.2) is 5.78 Å². The highest BCUT2D eigenvalue weighted by molar-refractivity contribution is 7.89. The number of benzene rings is 2. The van der Waals surface area contributed by atoms with Crippen molar-refractivity contribution in [2.75, 3.05) is 26.2 Å². The van der Waals surface area contributed by atoms with Crippen molar-refractivity contribution in [3.8, 4) is 0 Å². The van der Waals surface area contributed by atoms with Crippen LogP contribution in [-0.4, -0.2) is 57.4 Å². The predicted octanol–water partition coefficient (Wildman–Crippen LogP) is 3.27. The van der Waals surface area contributed by atoms with Crippen LogP contribution in [0.2, 0.25) is 0 Å². The van der Waals surface area contributed by atoms with Gasteiger partial charge < -0.3 is 0 Å². The highest BCUT2D eigenvalue weighted by atomic mass is 32.2. The van der Waals surface area contributed by atoms with E-state index in [0.717, 1.165) is 38.5 Å². The van der Waals surface area contributed by atoms with E-state index < -0.39 is 25.8 Å². The Bertz CT molecular complexity index is 1100. The Kier molecular flexibility index (Phi) is 6.80. The molecule has 0 unspecified atom stereocenters. The Labute approximate surface area is 190 Å². The number of piperidine rings is 2. The maximum Gasteiger partial charge on any atom is 0.243 e. The maximum atomic E-state index is 13.1. The summed E-state index contributed by atoms with van der Waals surface area (Å²) in [5, 5.41) is 0. The van der Waals surface area contributed by atoms with Crippen molar-refractivity contribution in [3.63, 3.8) is 0 Å². The smallest absolute Gasteiger partial charge is 0.243 e.